The van der Waals surface area contributed by atoms with Crippen LogP contribution in [0.5, 0.6) is 0 Å². The molecule has 0 bridgehead atoms. The molecule has 1 atom stereocenters. The second-order valence-electron chi connectivity index (χ2n) is 7.35. The summed E-state index contributed by atoms with van der Waals surface area (Å²) in [5.74, 6) is 0.200. The number of carbonyl (C=O) groups excluding carboxylic acids is 2. The van der Waals surface area contributed by atoms with Gasteiger partial charge < -0.3 is 4.74 Å². The average molecular weight is 282 g/mol. The Kier molecular flexibility index (Phi) is 6.22. The number of ether oxygens (including phenoxy) is 1. The molecular weight excluding hydrogens is 252 g/mol. The van der Waals surface area contributed by atoms with Gasteiger partial charge in [-0.3, -0.25) is 9.59 Å². The summed E-state index contributed by atoms with van der Waals surface area (Å²) < 4.78 is 5.40. The lowest BCUT2D eigenvalue weighted by Gasteiger charge is -2.30. The van der Waals surface area contributed by atoms with Gasteiger partial charge in [-0.05, 0) is 39.5 Å². The maximum atomic E-state index is 12.4. The Labute approximate surface area is 123 Å². The smallest absolute Gasteiger partial charge is 0.307 e. The molecule has 0 N–H and O–H groups in total. The van der Waals surface area contributed by atoms with Gasteiger partial charge in [-0.2, -0.15) is 0 Å². The van der Waals surface area contributed by atoms with Crippen LogP contribution in [0.25, 0.3) is 0 Å². The Morgan fingerprint density at radius 1 is 1.10 bits per heavy atom. The summed E-state index contributed by atoms with van der Waals surface area (Å²) >= 11 is 0. The van der Waals surface area contributed by atoms with Gasteiger partial charge in [0.05, 0.1) is 6.42 Å². The van der Waals surface area contributed by atoms with Crippen LogP contribution in [0.3, 0.4) is 0 Å². The van der Waals surface area contributed by atoms with Crippen LogP contribution < -0.4 is 0 Å². The minimum Gasteiger partial charge on any atom is -0.460 e. The largest absolute Gasteiger partial charge is 0.460 e. The Bertz CT molecular complexity index is 333. The Morgan fingerprint density at radius 3 is 2.10 bits per heavy atom. The number of rotatable bonds is 5. The van der Waals surface area contributed by atoms with Crippen molar-refractivity contribution in [3.8, 4) is 0 Å². The molecule has 0 aromatic carbocycles. The standard InChI is InChI=1S/C17H30O3/c1-12(2)16(19)14(13-9-7-6-8-10-13)11-15(18)20-17(3,4)5/h12-14H,6-11H2,1-5H3/t14-/m0/s1. The van der Waals surface area contributed by atoms with E-state index in [1.54, 1.807) is 0 Å². The topological polar surface area (TPSA) is 43.4 Å². The number of ketones is 1. The van der Waals surface area contributed by atoms with Gasteiger partial charge in [0, 0.05) is 11.8 Å². The molecule has 116 valence electrons. The molecule has 1 fully saturated rings. The third kappa shape index (κ3) is 5.64. The lowest BCUT2D eigenvalue weighted by atomic mass is 9.74. The van der Waals surface area contributed by atoms with E-state index in [9.17, 15) is 9.59 Å². The van der Waals surface area contributed by atoms with Crippen molar-refractivity contribution in [1.82, 2.24) is 0 Å². The molecule has 1 aliphatic carbocycles. The molecule has 0 aliphatic heterocycles. The van der Waals surface area contributed by atoms with Crippen LogP contribution in [-0.2, 0) is 14.3 Å². The summed E-state index contributed by atoms with van der Waals surface area (Å²) in [7, 11) is 0. The van der Waals surface area contributed by atoms with Gasteiger partial charge in [-0.25, -0.2) is 0 Å². The second-order valence-corrected chi connectivity index (χ2v) is 7.35. The number of hydrogen-bond acceptors (Lipinski definition) is 3. The van der Waals surface area contributed by atoms with Gasteiger partial charge >= 0.3 is 5.97 Å². The van der Waals surface area contributed by atoms with Crippen molar-refractivity contribution >= 4 is 11.8 Å². The summed E-state index contributed by atoms with van der Waals surface area (Å²) in [6.07, 6.45) is 6.02. The number of esters is 1. The van der Waals surface area contributed by atoms with Crippen molar-refractivity contribution in [2.45, 2.75) is 78.7 Å². The molecule has 0 spiro atoms. The molecule has 0 heterocycles. The Balaban J connectivity index is 2.72. The van der Waals surface area contributed by atoms with E-state index in [2.05, 4.69) is 0 Å². The second kappa shape index (κ2) is 7.24. The zero-order valence-corrected chi connectivity index (χ0v) is 13.7. The van der Waals surface area contributed by atoms with Crippen molar-refractivity contribution in [3.63, 3.8) is 0 Å². The Hall–Kier alpha value is -0.860. The van der Waals surface area contributed by atoms with Crippen LogP contribution in [0.4, 0.5) is 0 Å². The molecule has 1 rings (SSSR count). The fourth-order valence-electron chi connectivity index (χ4n) is 3.03. The Morgan fingerprint density at radius 2 is 1.65 bits per heavy atom. The van der Waals surface area contributed by atoms with Crippen LogP contribution in [0.1, 0.15) is 73.1 Å². The van der Waals surface area contributed by atoms with Gasteiger partial charge in [0.25, 0.3) is 0 Å². The van der Waals surface area contributed by atoms with Crippen molar-refractivity contribution in [2.75, 3.05) is 0 Å². The quantitative estimate of drug-likeness (QED) is 0.712. The lowest BCUT2D eigenvalue weighted by molar-refractivity contribution is -0.158. The van der Waals surface area contributed by atoms with E-state index >= 15 is 0 Å². The van der Waals surface area contributed by atoms with E-state index in [4.69, 9.17) is 4.74 Å². The number of carbonyl (C=O) groups is 2. The van der Waals surface area contributed by atoms with Crippen molar-refractivity contribution < 1.29 is 14.3 Å². The van der Waals surface area contributed by atoms with E-state index in [1.165, 1.54) is 19.3 Å². The van der Waals surface area contributed by atoms with Crippen LogP contribution in [0, 0.1) is 17.8 Å². The van der Waals surface area contributed by atoms with Gasteiger partial charge in [-0.15, -0.1) is 0 Å². The summed E-state index contributed by atoms with van der Waals surface area (Å²) in [6, 6.07) is 0. The third-order valence-corrected chi connectivity index (χ3v) is 3.96. The molecule has 0 radical (unpaired) electrons. The minimum absolute atomic E-state index is 0.00985. The molecule has 0 amide bonds. The predicted molar refractivity (Wildman–Crippen MR) is 80.4 cm³/mol. The normalized spacial score (nSPS) is 18.9. The SMILES string of the molecule is CC(C)C(=O)[C@@H](CC(=O)OC(C)(C)C)C1CCCCC1. The molecule has 0 aromatic heterocycles. The van der Waals surface area contributed by atoms with Crippen LogP contribution in [0.2, 0.25) is 0 Å². The fourth-order valence-corrected chi connectivity index (χ4v) is 3.03. The molecule has 0 saturated heterocycles. The van der Waals surface area contributed by atoms with Gasteiger partial charge in [-0.1, -0.05) is 33.1 Å². The summed E-state index contributed by atoms with van der Waals surface area (Å²) in [5, 5.41) is 0. The summed E-state index contributed by atoms with van der Waals surface area (Å²) in [4.78, 5) is 24.5. The highest BCUT2D eigenvalue weighted by molar-refractivity contribution is 5.87. The molecule has 1 aliphatic rings. The highest BCUT2D eigenvalue weighted by Gasteiger charge is 2.33. The third-order valence-electron chi connectivity index (χ3n) is 3.96. The molecule has 0 unspecified atom stereocenters. The van der Waals surface area contributed by atoms with E-state index in [0.717, 1.165) is 12.8 Å². The van der Waals surface area contributed by atoms with E-state index < -0.39 is 5.60 Å². The fraction of sp³-hybridized carbons (Fsp3) is 0.882. The van der Waals surface area contributed by atoms with E-state index in [-0.39, 0.29) is 30.0 Å². The lowest BCUT2D eigenvalue weighted by Crippen LogP contribution is -2.33. The van der Waals surface area contributed by atoms with E-state index in [1.807, 2.05) is 34.6 Å². The minimum atomic E-state index is -0.477. The van der Waals surface area contributed by atoms with Crippen molar-refractivity contribution in [3.05, 3.63) is 0 Å². The first-order chi connectivity index (χ1) is 9.20. The van der Waals surface area contributed by atoms with Gasteiger partial charge in [0.15, 0.2) is 0 Å². The first-order valence-electron chi connectivity index (χ1n) is 7.96. The predicted octanol–water partition coefficient (Wildman–Crippen LogP) is 4.14. The first-order valence-corrected chi connectivity index (χ1v) is 7.96. The first kappa shape index (κ1) is 17.2. The summed E-state index contributed by atoms with van der Waals surface area (Å²) in [6.45, 7) is 9.45. The zero-order valence-electron chi connectivity index (χ0n) is 13.7. The molecule has 20 heavy (non-hydrogen) atoms. The number of Topliss-reactive ketones (excluding diaryl/α,β-unsaturated/α-hetero) is 1. The van der Waals surface area contributed by atoms with Crippen LogP contribution in [-0.4, -0.2) is 17.4 Å². The maximum Gasteiger partial charge on any atom is 0.307 e. The molecule has 3 nitrogen and oxygen atoms in total. The number of hydrogen-bond donors (Lipinski definition) is 0. The average Bonchev–Trinajstić information content (AvgIpc) is 2.34. The highest BCUT2D eigenvalue weighted by Crippen LogP contribution is 2.34. The monoisotopic (exact) mass is 282 g/mol. The van der Waals surface area contributed by atoms with Gasteiger partial charge in [0.2, 0.25) is 0 Å². The maximum absolute atomic E-state index is 12.4. The summed E-state index contributed by atoms with van der Waals surface area (Å²) in [5.41, 5.74) is -0.477. The van der Waals surface area contributed by atoms with Crippen molar-refractivity contribution in [2.24, 2.45) is 17.8 Å². The van der Waals surface area contributed by atoms with Crippen molar-refractivity contribution in [1.29, 1.82) is 0 Å². The van der Waals surface area contributed by atoms with E-state index in [0.29, 0.717) is 5.92 Å². The molecule has 1 saturated carbocycles. The highest BCUT2D eigenvalue weighted by atomic mass is 16.6. The van der Waals surface area contributed by atoms with Crippen LogP contribution >= 0.6 is 0 Å². The molecule has 3 heteroatoms. The molecule has 0 aromatic rings. The molecular formula is C17H30O3. The van der Waals surface area contributed by atoms with Gasteiger partial charge in [0.1, 0.15) is 11.4 Å². The van der Waals surface area contributed by atoms with Crippen LogP contribution in [0.15, 0.2) is 0 Å². The zero-order chi connectivity index (χ0) is 15.3.